The molecular weight excluding hydrogens is 511 g/mol. The van der Waals surface area contributed by atoms with Crippen molar-refractivity contribution in [2.45, 2.75) is 77.2 Å². The van der Waals surface area contributed by atoms with Gasteiger partial charge in [-0.25, -0.2) is 4.79 Å². The number of anilines is 1. The van der Waals surface area contributed by atoms with Gasteiger partial charge in [0.25, 0.3) is 0 Å². The molecule has 1 aromatic rings. The Morgan fingerprint density at radius 1 is 1.05 bits per heavy atom. The molecule has 0 fully saturated rings. The van der Waals surface area contributed by atoms with Crippen LogP contribution >= 0.6 is 11.9 Å². The minimum atomic E-state index is -4.87. The molecule has 214 valence electrons. The Morgan fingerprint density at radius 3 is 2.08 bits per heavy atom. The number of likely N-dealkylation sites (N-methyl/N-ethyl adjacent to an activating group) is 1. The van der Waals surface area contributed by atoms with Crippen molar-refractivity contribution >= 4 is 29.6 Å². The Kier molecular flexibility index (Phi) is 15.2. The topological polar surface area (TPSA) is 103 Å². The number of amides is 2. The van der Waals surface area contributed by atoms with E-state index in [4.69, 9.17) is 19.3 Å². The van der Waals surface area contributed by atoms with E-state index in [1.54, 1.807) is 12.4 Å². The molecule has 0 radical (unpaired) electrons. The molecular formula is C25H42F3N3O5S. The number of hydrogen-bond donors (Lipinski definition) is 2. The standard InChI is InChI=1S/C17H35NO4.C8H7F3N2OS/c1-14(2)9-11-21-17(6,7)13-20-12-10-18(8)15(19)22-16(3,4)5;9-8(10,11)7(14)13-5-1-3-6(15-12)4-2-5/h14H,9-13H2,1-8H3;1-4H,12H2,(H,13,14). The summed E-state index contributed by atoms with van der Waals surface area (Å²) in [6.07, 6.45) is -4.16. The van der Waals surface area contributed by atoms with Crippen LogP contribution in [0.1, 0.15) is 54.9 Å². The summed E-state index contributed by atoms with van der Waals surface area (Å²) < 4.78 is 52.3. The number of carbonyl (C=O) groups excluding carboxylic acids is 2. The van der Waals surface area contributed by atoms with Gasteiger partial charge in [0.05, 0.1) is 18.8 Å². The average Bonchev–Trinajstić information content (AvgIpc) is 2.75. The minimum absolute atomic E-state index is 0.0788. The molecule has 0 aliphatic rings. The zero-order chi connectivity index (χ0) is 28.9. The van der Waals surface area contributed by atoms with E-state index in [2.05, 4.69) is 13.8 Å². The average molecular weight is 554 g/mol. The fourth-order valence-corrected chi connectivity index (χ4v) is 2.68. The first kappa shape index (κ1) is 35.0. The van der Waals surface area contributed by atoms with Gasteiger partial charge in [0.1, 0.15) is 5.60 Å². The van der Waals surface area contributed by atoms with Crippen LogP contribution in [-0.2, 0) is 19.0 Å². The molecule has 0 aliphatic carbocycles. The van der Waals surface area contributed by atoms with Crippen LogP contribution in [0.5, 0.6) is 0 Å². The first-order valence-corrected chi connectivity index (χ1v) is 12.7. The Hall–Kier alpha value is -2.02. The lowest BCUT2D eigenvalue weighted by Crippen LogP contribution is -2.37. The van der Waals surface area contributed by atoms with Crippen molar-refractivity contribution in [3.8, 4) is 0 Å². The zero-order valence-electron chi connectivity index (χ0n) is 23.0. The zero-order valence-corrected chi connectivity index (χ0v) is 23.8. The van der Waals surface area contributed by atoms with Crippen molar-refractivity contribution < 1.29 is 37.0 Å². The number of alkyl halides is 3. The highest BCUT2D eigenvalue weighted by molar-refractivity contribution is 7.97. The van der Waals surface area contributed by atoms with Gasteiger partial charge in [-0.3, -0.25) is 9.93 Å². The Morgan fingerprint density at radius 2 is 1.62 bits per heavy atom. The Balaban J connectivity index is 0.000000749. The summed E-state index contributed by atoms with van der Waals surface area (Å²) in [6, 6.07) is 5.71. The van der Waals surface area contributed by atoms with Gasteiger partial charge < -0.3 is 24.4 Å². The third-order valence-electron chi connectivity index (χ3n) is 4.42. The van der Waals surface area contributed by atoms with Gasteiger partial charge in [-0.05, 0) is 83.2 Å². The summed E-state index contributed by atoms with van der Waals surface area (Å²) in [4.78, 5) is 24.5. The summed E-state index contributed by atoms with van der Waals surface area (Å²) in [5.74, 6) is -1.35. The molecule has 3 N–H and O–H groups in total. The SMILES string of the molecule is CC(C)CCOC(C)(C)COCCN(C)C(=O)OC(C)(C)C.NSc1ccc(NC(=O)C(F)(F)F)cc1. The summed E-state index contributed by atoms with van der Waals surface area (Å²) in [5.41, 5.74) is -0.701. The van der Waals surface area contributed by atoms with E-state index in [1.807, 2.05) is 34.6 Å². The summed E-state index contributed by atoms with van der Waals surface area (Å²) in [6.45, 7) is 16.2. The predicted octanol–water partition coefficient (Wildman–Crippen LogP) is 5.86. The van der Waals surface area contributed by atoms with Crippen molar-refractivity contribution in [1.29, 1.82) is 0 Å². The monoisotopic (exact) mass is 553 g/mol. The van der Waals surface area contributed by atoms with Gasteiger partial charge in [-0.15, -0.1) is 0 Å². The van der Waals surface area contributed by atoms with Crippen LogP contribution < -0.4 is 10.5 Å². The highest BCUT2D eigenvalue weighted by Gasteiger charge is 2.38. The molecule has 0 atom stereocenters. The van der Waals surface area contributed by atoms with Crippen molar-refractivity contribution in [1.82, 2.24) is 4.90 Å². The Labute approximate surface area is 222 Å². The van der Waals surface area contributed by atoms with Gasteiger partial charge in [-0.2, -0.15) is 13.2 Å². The molecule has 0 heterocycles. The van der Waals surface area contributed by atoms with Gasteiger partial charge in [0, 0.05) is 30.8 Å². The number of halogens is 3. The number of ether oxygens (including phenoxy) is 3. The van der Waals surface area contributed by atoms with E-state index in [0.29, 0.717) is 30.6 Å². The van der Waals surface area contributed by atoms with Crippen molar-refractivity contribution in [2.75, 3.05) is 38.7 Å². The maximum Gasteiger partial charge on any atom is 0.471 e. The van der Waals surface area contributed by atoms with Gasteiger partial charge in [0.2, 0.25) is 0 Å². The van der Waals surface area contributed by atoms with Crippen LogP contribution in [0.4, 0.5) is 23.7 Å². The first-order valence-electron chi connectivity index (χ1n) is 11.9. The first-order chi connectivity index (χ1) is 16.9. The molecule has 37 heavy (non-hydrogen) atoms. The van der Waals surface area contributed by atoms with E-state index in [-0.39, 0.29) is 17.4 Å². The van der Waals surface area contributed by atoms with Crippen LogP contribution in [0.25, 0.3) is 0 Å². The lowest BCUT2D eigenvalue weighted by Gasteiger charge is -2.27. The van der Waals surface area contributed by atoms with Crippen LogP contribution in [0.2, 0.25) is 0 Å². The summed E-state index contributed by atoms with van der Waals surface area (Å²) >= 11 is 0.967. The predicted molar refractivity (Wildman–Crippen MR) is 140 cm³/mol. The number of nitrogens with zero attached hydrogens (tertiary/aromatic N) is 1. The van der Waals surface area contributed by atoms with Gasteiger partial charge in [0.15, 0.2) is 0 Å². The number of hydrogen-bond acceptors (Lipinski definition) is 7. The maximum absolute atomic E-state index is 11.8. The van der Waals surface area contributed by atoms with E-state index in [1.165, 1.54) is 29.2 Å². The quantitative estimate of drug-likeness (QED) is 0.261. The molecule has 2 amide bonds. The molecule has 0 spiro atoms. The maximum atomic E-state index is 11.8. The fourth-order valence-electron chi connectivity index (χ4n) is 2.38. The molecule has 1 rings (SSSR count). The molecule has 0 aromatic heterocycles. The molecule has 0 unspecified atom stereocenters. The van der Waals surface area contributed by atoms with Crippen molar-refractivity contribution in [2.24, 2.45) is 11.1 Å². The highest BCUT2D eigenvalue weighted by atomic mass is 32.2. The second kappa shape index (κ2) is 16.1. The van der Waals surface area contributed by atoms with Crippen LogP contribution in [0.3, 0.4) is 0 Å². The molecule has 12 heteroatoms. The van der Waals surface area contributed by atoms with Crippen LogP contribution in [0.15, 0.2) is 29.2 Å². The second-order valence-corrected chi connectivity index (χ2v) is 11.0. The lowest BCUT2D eigenvalue weighted by molar-refractivity contribution is -0.167. The largest absolute Gasteiger partial charge is 0.471 e. The molecule has 8 nitrogen and oxygen atoms in total. The Bertz CT molecular complexity index is 813. The number of benzene rings is 1. The third kappa shape index (κ3) is 18.0. The smallest absolute Gasteiger partial charge is 0.444 e. The number of nitrogens with two attached hydrogens (primary N) is 1. The summed E-state index contributed by atoms with van der Waals surface area (Å²) in [7, 11) is 1.71. The van der Waals surface area contributed by atoms with Gasteiger partial charge in [-0.1, -0.05) is 13.8 Å². The van der Waals surface area contributed by atoms with Crippen molar-refractivity contribution in [3.63, 3.8) is 0 Å². The minimum Gasteiger partial charge on any atom is -0.444 e. The van der Waals surface area contributed by atoms with Gasteiger partial charge >= 0.3 is 18.2 Å². The lowest BCUT2D eigenvalue weighted by atomic mass is 10.1. The summed E-state index contributed by atoms with van der Waals surface area (Å²) in [5, 5.41) is 6.94. The van der Waals surface area contributed by atoms with E-state index in [9.17, 15) is 22.8 Å². The number of rotatable bonds is 11. The normalized spacial score (nSPS) is 12.0. The molecule has 0 saturated carbocycles. The molecule has 0 bridgehead atoms. The van der Waals surface area contributed by atoms with E-state index < -0.39 is 17.7 Å². The van der Waals surface area contributed by atoms with Crippen LogP contribution in [-0.4, -0.2) is 67.7 Å². The number of nitrogens with one attached hydrogen (secondary N) is 1. The number of carbonyl (C=O) groups is 2. The second-order valence-electron chi connectivity index (χ2n) is 10.3. The molecule has 0 aliphatic heterocycles. The molecule has 0 saturated heterocycles. The fraction of sp³-hybridized carbons (Fsp3) is 0.680. The highest BCUT2D eigenvalue weighted by Crippen LogP contribution is 2.20. The van der Waals surface area contributed by atoms with Crippen molar-refractivity contribution in [3.05, 3.63) is 24.3 Å². The van der Waals surface area contributed by atoms with E-state index >= 15 is 0 Å². The third-order valence-corrected chi connectivity index (χ3v) is 4.96. The van der Waals surface area contributed by atoms with Crippen LogP contribution in [0, 0.1) is 5.92 Å². The molecule has 1 aromatic carbocycles. The van der Waals surface area contributed by atoms with E-state index in [0.717, 1.165) is 25.0 Å².